The molecule has 0 fully saturated rings. The molecule has 1 heterocycles. The van der Waals surface area contributed by atoms with E-state index in [4.69, 9.17) is 9.47 Å². The minimum Gasteiger partial charge on any atom is -0.497 e. The van der Waals surface area contributed by atoms with Crippen LogP contribution in [0.1, 0.15) is 0 Å². The summed E-state index contributed by atoms with van der Waals surface area (Å²) in [6.07, 6.45) is 1.71. The molecule has 0 aliphatic heterocycles. The summed E-state index contributed by atoms with van der Waals surface area (Å²) >= 11 is 0. The molecule has 2 aromatic carbocycles. The van der Waals surface area contributed by atoms with E-state index in [-0.39, 0.29) is 0 Å². The van der Waals surface area contributed by atoms with Crippen LogP contribution in [0.2, 0.25) is 0 Å². The van der Waals surface area contributed by atoms with Crippen LogP contribution in [0.15, 0.2) is 66.9 Å². The Bertz CT molecular complexity index is 779. The molecule has 6 heteroatoms. The summed E-state index contributed by atoms with van der Waals surface area (Å²) in [4.78, 5) is 8.65. The highest BCUT2D eigenvalue weighted by Gasteiger charge is 2.00. The number of nitrogens with zero attached hydrogens (tertiary/aromatic N) is 2. The smallest absolute Gasteiger partial charge is 0.229 e. The highest BCUT2D eigenvalue weighted by atomic mass is 16.5. The Morgan fingerprint density at radius 1 is 0.920 bits per heavy atom. The van der Waals surface area contributed by atoms with Crippen molar-refractivity contribution in [2.24, 2.45) is 0 Å². The molecule has 128 valence electrons. The third-order valence-corrected chi connectivity index (χ3v) is 3.42. The van der Waals surface area contributed by atoms with E-state index in [1.54, 1.807) is 13.3 Å². The summed E-state index contributed by atoms with van der Waals surface area (Å²) in [5.74, 6) is 2.90. The molecule has 0 saturated heterocycles. The van der Waals surface area contributed by atoms with Crippen LogP contribution in [0.25, 0.3) is 0 Å². The van der Waals surface area contributed by atoms with Gasteiger partial charge in [0.1, 0.15) is 23.9 Å². The molecule has 0 atom stereocenters. The van der Waals surface area contributed by atoms with Crippen molar-refractivity contribution >= 4 is 17.5 Å². The fourth-order valence-electron chi connectivity index (χ4n) is 2.19. The third-order valence-electron chi connectivity index (χ3n) is 3.42. The number of nitrogens with one attached hydrogen (secondary N) is 2. The molecule has 0 unspecified atom stereocenters. The molecule has 0 radical (unpaired) electrons. The van der Waals surface area contributed by atoms with Crippen molar-refractivity contribution in [2.45, 2.75) is 0 Å². The Morgan fingerprint density at radius 2 is 1.68 bits per heavy atom. The van der Waals surface area contributed by atoms with Gasteiger partial charge in [-0.15, -0.1) is 0 Å². The van der Waals surface area contributed by atoms with Crippen LogP contribution in [-0.4, -0.2) is 30.2 Å². The molecule has 0 aliphatic rings. The lowest BCUT2D eigenvalue weighted by Crippen LogP contribution is -2.12. The molecule has 0 spiro atoms. The first-order valence-corrected chi connectivity index (χ1v) is 7.99. The Balaban J connectivity index is 1.47. The number of hydrogen-bond acceptors (Lipinski definition) is 6. The number of rotatable bonds is 8. The van der Waals surface area contributed by atoms with Crippen molar-refractivity contribution in [3.05, 3.63) is 66.9 Å². The minimum absolute atomic E-state index is 0.526. The Labute approximate surface area is 146 Å². The minimum atomic E-state index is 0.526. The first-order chi connectivity index (χ1) is 12.3. The monoisotopic (exact) mass is 336 g/mol. The van der Waals surface area contributed by atoms with Gasteiger partial charge < -0.3 is 20.1 Å². The fourth-order valence-corrected chi connectivity index (χ4v) is 2.19. The predicted octanol–water partition coefficient (Wildman–Crippen LogP) is 3.72. The highest BCUT2D eigenvalue weighted by molar-refractivity contribution is 5.54. The first kappa shape index (κ1) is 16.6. The number of hydrogen-bond donors (Lipinski definition) is 2. The highest BCUT2D eigenvalue weighted by Crippen LogP contribution is 2.17. The quantitative estimate of drug-likeness (QED) is 0.611. The van der Waals surface area contributed by atoms with E-state index in [0.717, 1.165) is 23.0 Å². The summed E-state index contributed by atoms with van der Waals surface area (Å²) in [7, 11) is 1.64. The largest absolute Gasteiger partial charge is 0.497 e. The van der Waals surface area contributed by atoms with Gasteiger partial charge in [-0.3, -0.25) is 0 Å². The van der Waals surface area contributed by atoms with Crippen molar-refractivity contribution in [1.29, 1.82) is 0 Å². The van der Waals surface area contributed by atoms with E-state index < -0.39 is 0 Å². The molecular formula is C19H20N4O2. The van der Waals surface area contributed by atoms with Crippen LogP contribution >= 0.6 is 0 Å². The number of aromatic nitrogens is 2. The second-order valence-electron chi connectivity index (χ2n) is 5.21. The number of ether oxygens (including phenoxy) is 2. The van der Waals surface area contributed by atoms with Crippen LogP contribution < -0.4 is 20.1 Å². The molecule has 0 aliphatic carbocycles. The molecule has 2 N–H and O–H groups in total. The standard InChI is InChI=1S/C19H20N4O2/c1-24-16-7-9-17(10-8-16)25-14-13-20-18-11-12-21-19(23-18)22-15-5-3-2-4-6-15/h2-12H,13-14H2,1H3,(H2,20,21,22,23). The van der Waals surface area contributed by atoms with Gasteiger partial charge in [-0.2, -0.15) is 4.98 Å². The number of para-hydroxylation sites is 1. The van der Waals surface area contributed by atoms with Gasteiger partial charge in [-0.25, -0.2) is 4.98 Å². The Hall–Kier alpha value is -3.28. The van der Waals surface area contributed by atoms with Crippen LogP contribution in [0.5, 0.6) is 11.5 Å². The Kier molecular flexibility index (Phi) is 5.66. The van der Waals surface area contributed by atoms with E-state index >= 15 is 0 Å². The zero-order chi connectivity index (χ0) is 17.3. The number of anilines is 3. The molecule has 6 nitrogen and oxygen atoms in total. The zero-order valence-corrected chi connectivity index (χ0v) is 14.0. The average molecular weight is 336 g/mol. The van der Waals surface area contributed by atoms with Crippen molar-refractivity contribution in [3.8, 4) is 11.5 Å². The van der Waals surface area contributed by atoms with Crippen LogP contribution in [0, 0.1) is 0 Å². The van der Waals surface area contributed by atoms with E-state index in [2.05, 4.69) is 20.6 Å². The van der Waals surface area contributed by atoms with E-state index in [1.165, 1.54) is 0 Å². The zero-order valence-electron chi connectivity index (χ0n) is 14.0. The van der Waals surface area contributed by atoms with Gasteiger partial charge in [-0.1, -0.05) is 18.2 Å². The molecule has 3 rings (SSSR count). The SMILES string of the molecule is COc1ccc(OCCNc2ccnc(Nc3ccccc3)n2)cc1. The maximum atomic E-state index is 5.68. The summed E-state index contributed by atoms with van der Waals surface area (Å²) in [6.45, 7) is 1.16. The van der Waals surface area contributed by atoms with Crippen molar-refractivity contribution in [2.75, 3.05) is 30.9 Å². The van der Waals surface area contributed by atoms with Crippen LogP contribution in [-0.2, 0) is 0 Å². The number of benzene rings is 2. The summed E-state index contributed by atoms with van der Waals surface area (Å²) < 4.78 is 10.8. The maximum Gasteiger partial charge on any atom is 0.229 e. The third kappa shape index (κ3) is 5.10. The molecule has 25 heavy (non-hydrogen) atoms. The lowest BCUT2D eigenvalue weighted by molar-refractivity contribution is 0.331. The van der Waals surface area contributed by atoms with Gasteiger partial charge in [0.05, 0.1) is 13.7 Å². The Morgan fingerprint density at radius 3 is 2.44 bits per heavy atom. The lowest BCUT2D eigenvalue weighted by atomic mass is 10.3. The van der Waals surface area contributed by atoms with Crippen LogP contribution in [0.3, 0.4) is 0 Å². The summed E-state index contributed by atoms with van der Waals surface area (Å²) in [5.41, 5.74) is 0.947. The maximum absolute atomic E-state index is 5.68. The number of methoxy groups -OCH3 is 1. The molecular weight excluding hydrogens is 316 g/mol. The molecule has 0 bridgehead atoms. The lowest BCUT2D eigenvalue weighted by Gasteiger charge is -2.10. The topological polar surface area (TPSA) is 68.3 Å². The molecule has 3 aromatic rings. The van der Waals surface area contributed by atoms with Crippen molar-refractivity contribution in [3.63, 3.8) is 0 Å². The van der Waals surface area contributed by atoms with Gasteiger partial charge in [0.15, 0.2) is 0 Å². The second-order valence-corrected chi connectivity index (χ2v) is 5.21. The summed E-state index contributed by atoms with van der Waals surface area (Å²) in [6, 6.07) is 19.1. The van der Waals surface area contributed by atoms with Crippen LogP contribution in [0.4, 0.5) is 17.5 Å². The molecule has 0 amide bonds. The first-order valence-electron chi connectivity index (χ1n) is 7.99. The van der Waals surface area contributed by atoms with Crippen molar-refractivity contribution < 1.29 is 9.47 Å². The molecule has 0 saturated carbocycles. The predicted molar refractivity (Wildman–Crippen MR) is 98.7 cm³/mol. The van der Waals surface area contributed by atoms with Gasteiger partial charge in [0.2, 0.25) is 5.95 Å². The summed E-state index contributed by atoms with van der Waals surface area (Å²) in [5, 5.41) is 6.39. The van der Waals surface area contributed by atoms with Gasteiger partial charge >= 0.3 is 0 Å². The van der Waals surface area contributed by atoms with Gasteiger partial charge in [0, 0.05) is 11.9 Å². The normalized spacial score (nSPS) is 10.1. The fraction of sp³-hybridized carbons (Fsp3) is 0.158. The second kappa shape index (κ2) is 8.54. The molecule has 1 aromatic heterocycles. The average Bonchev–Trinajstić information content (AvgIpc) is 2.67. The van der Waals surface area contributed by atoms with E-state index in [0.29, 0.717) is 19.1 Å². The van der Waals surface area contributed by atoms with Crippen molar-refractivity contribution in [1.82, 2.24) is 9.97 Å². The van der Waals surface area contributed by atoms with E-state index in [1.807, 2.05) is 60.7 Å². The van der Waals surface area contributed by atoms with Gasteiger partial charge in [0.25, 0.3) is 0 Å². The van der Waals surface area contributed by atoms with Gasteiger partial charge in [-0.05, 0) is 42.5 Å². The van der Waals surface area contributed by atoms with E-state index in [9.17, 15) is 0 Å².